The molecule has 0 aliphatic heterocycles. The molecule has 0 aliphatic rings. The minimum atomic E-state index is -4.53. The molecule has 0 aliphatic carbocycles. The van der Waals surface area contributed by atoms with Crippen LogP contribution in [0.15, 0.2) is 46.1 Å². The molecule has 1 atom stereocenters. The minimum Gasteiger partial charge on any atom is -0.384 e. The van der Waals surface area contributed by atoms with Crippen LogP contribution in [-0.2, 0) is 11.8 Å². The van der Waals surface area contributed by atoms with Crippen molar-refractivity contribution in [2.24, 2.45) is 0 Å². The Bertz CT molecular complexity index is 1020. The van der Waals surface area contributed by atoms with E-state index in [1.165, 1.54) is 17.5 Å². The molecule has 3 aromatic rings. The molecule has 0 amide bonds. The first-order chi connectivity index (χ1) is 13.1. The predicted molar refractivity (Wildman–Crippen MR) is 100 cm³/mol. The lowest BCUT2D eigenvalue weighted by Crippen LogP contribution is -2.31. The van der Waals surface area contributed by atoms with Crippen molar-refractivity contribution in [1.82, 2.24) is 14.8 Å². The van der Waals surface area contributed by atoms with Gasteiger partial charge in [0.15, 0.2) is 5.82 Å². The number of nitrogens with one attached hydrogen (secondary N) is 1. The van der Waals surface area contributed by atoms with Gasteiger partial charge in [0.2, 0.25) is 0 Å². The molecule has 3 rings (SSSR count). The molecule has 3 heterocycles. The number of alkyl halides is 3. The third-order valence-corrected chi connectivity index (χ3v) is 5.03. The van der Waals surface area contributed by atoms with Crippen LogP contribution in [0.2, 0.25) is 5.02 Å². The van der Waals surface area contributed by atoms with Gasteiger partial charge in [-0.3, -0.25) is 4.79 Å². The number of aliphatic hydroxyl groups is 1. The molecule has 1 unspecified atom stereocenters. The second-order valence-electron chi connectivity index (χ2n) is 6.13. The fourth-order valence-electron chi connectivity index (χ4n) is 2.34. The third kappa shape index (κ3) is 4.18. The van der Waals surface area contributed by atoms with Gasteiger partial charge in [0.1, 0.15) is 10.6 Å². The lowest BCUT2D eigenvalue weighted by molar-refractivity contribution is -0.137. The van der Waals surface area contributed by atoms with E-state index in [1.807, 2.05) is 5.38 Å². The maximum absolute atomic E-state index is 12.6. The quantitative estimate of drug-likeness (QED) is 0.645. The number of pyridine rings is 1. The van der Waals surface area contributed by atoms with Crippen LogP contribution in [0.3, 0.4) is 0 Å². The van der Waals surface area contributed by atoms with Crippen LogP contribution in [0.1, 0.15) is 18.1 Å². The number of thiophene rings is 1. The van der Waals surface area contributed by atoms with Gasteiger partial charge in [0, 0.05) is 12.7 Å². The van der Waals surface area contributed by atoms with Gasteiger partial charge in [-0.25, -0.2) is 4.98 Å². The molecular formula is C17H14ClF3N4O2S. The van der Waals surface area contributed by atoms with Crippen LogP contribution in [0.4, 0.5) is 18.9 Å². The molecule has 0 radical (unpaired) electrons. The zero-order chi connectivity index (χ0) is 20.5. The first-order valence-electron chi connectivity index (χ1n) is 7.90. The lowest BCUT2D eigenvalue weighted by atomic mass is 9.99. The molecule has 3 aromatic heterocycles. The number of hydrogen-bond acceptors (Lipinski definition) is 6. The van der Waals surface area contributed by atoms with E-state index in [0.29, 0.717) is 11.8 Å². The normalized spacial score (nSPS) is 13.9. The first-order valence-corrected chi connectivity index (χ1v) is 9.22. The summed E-state index contributed by atoms with van der Waals surface area (Å²) in [5.41, 5.74) is -2.01. The van der Waals surface area contributed by atoms with E-state index in [4.69, 9.17) is 11.6 Å². The molecule has 148 valence electrons. The van der Waals surface area contributed by atoms with E-state index < -0.39 is 22.9 Å². The van der Waals surface area contributed by atoms with Crippen LogP contribution < -0.4 is 10.9 Å². The summed E-state index contributed by atoms with van der Waals surface area (Å²) in [4.78, 5) is 16.1. The van der Waals surface area contributed by atoms with Crippen molar-refractivity contribution in [2.45, 2.75) is 18.7 Å². The second-order valence-corrected chi connectivity index (χ2v) is 7.29. The van der Waals surface area contributed by atoms with Gasteiger partial charge >= 0.3 is 6.18 Å². The van der Waals surface area contributed by atoms with Gasteiger partial charge in [-0.15, -0.1) is 0 Å². The van der Waals surface area contributed by atoms with E-state index in [2.05, 4.69) is 15.4 Å². The summed E-state index contributed by atoms with van der Waals surface area (Å²) in [7, 11) is 0. The zero-order valence-electron chi connectivity index (χ0n) is 14.4. The summed E-state index contributed by atoms with van der Waals surface area (Å²) in [5, 5.41) is 20.7. The van der Waals surface area contributed by atoms with Crippen molar-refractivity contribution in [1.29, 1.82) is 0 Å². The Kier molecular flexibility index (Phi) is 5.46. The number of rotatable bonds is 5. The van der Waals surface area contributed by atoms with Crippen molar-refractivity contribution in [3.63, 3.8) is 0 Å². The van der Waals surface area contributed by atoms with E-state index in [-0.39, 0.29) is 23.1 Å². The molecule has 6 nitrogen and oxygen atoms in total. The molecule has 0 bridgehead atoms. The van der Waals surface area contributed by atoms with E-state index in [9.17, 15) is 23.1 Å². The minimum absolute atomic E-state index is 0.0626. The maximum Gasteiger partial charge on any atom is 0.417 e. The number of anilines is 1. The van der Waals surface area contributed by atoms with Crippen LogP contribution >= 0.6 is 22.9 Å². The molecule has 0 saturated heterocycles. The average Bonchev–Trinajstić information content (AvgIpc) is 3.18. The molecular weight excluding hydrogens is 417 g/mol. The maximum atomic E-state index is 12.6. The fraction of sp³-hybridized carbons (Fsp3) is 0.235. The highest BCUT2D eigenvalue weighted by Gasteiger charge is 2.31. The van der Waals surface area contributed by atoms with Crippen LogP contribution in [0.25, 0.3) is 5.82 Å². The lowest BCUT2D eigenvalue weighted by Gasteiger charge is -2.23. The molecule has 0 fully saturated rings. The summed E-state index contributed by atoms with van der Waals surface area (Å²) >= 11 is 7.52. The van der Waals surface area contributed by atoms with Crippen molar-refractivity contribution in [3.8, 4) is 5.82 Å². The standard InChI is InChI=1S/C17H14ClF3N4O2S/c1-16(27,11-4-5-28-8-11)9-23-12-7-24-25(15(26)14(12)18)13-3-2-10(6-22-13)17(19,20)21/h2-8,23,27H,9H2,1H3. The van der Waals surface area contributed by atoms with Crippen molar-refractivity contribution in [3.05, 3.63) is 67.9 Å². The smallest absolute Gasteiger partial charge is 0.384 e. The Morgan fingerprint density at radius 2 is 2.00 bits per heavy atom. The molecule has 11 heteroatoms. The van der Waals surface area contributed by atoms with Crippen molar-refractivity contribution >= 4 is 28.6 Å². The van der Waals surface area contributed by atoms with Gasteiger partial charge in [0.25, 0.3) is 5.56 Å². The topological polar surface area (TPSA) is 80.0 Å². The highest BCUT2D eigenvalue weighted by Crippen LogP contribution is 2.29. The van der Waals surface area contributed by atoms with Crippen LogP contribution in [0.5, 0.6) is 0 Å². The summed E-state index contributed by atoms with van der Waals surface area (Å²) in [5.74, 6) is -0.100. The summed E-state index contributed by atoms with van der Waals surface area (Å²) in [6, 6.07) is 3.61. The van der Waals surface area contributed by atoms with E-state index >= 15 is 0 Å². The van der Waals surface area contributed by atoms with E-state index in [1.54, 1.807) is 18.4 Å². The van der Waals surface area contributed by atoms with Crippen molar-refractivity contribution < 1.29 is 18.3 Å². The Morgan fingerprint density at radius 1 is 1.25 bits per heavy atom. The van der Waals surface area contributed by atoms with Crippen LogP contribution in [0, 0.1) is 0 Å². The van der Waals surface area contributed by atoms with Gasteiger partial charge in [0.05, 0.1) is 17.4 Å². The van der Waals surface area contributed by atoms with Gasteiger partial charge in [-0.2, -0.15) is 34.3 Å². The Hall–Kier alpha value is -2.43. The molecule has 0 aromatic carbocycles. The van der Waals surface area contributed by atoms with E-state index in [0.717, 1.165) is 16.8 Å². The fourth-order valence-corrected chi connectivity index (χ4v) is 3.32. The predicted octanol–water partition coefficient (Wildman–Crippen LogP) is 3.68. The highest BCUT2D eigenvalue weighted by molar-refractivity contribution is 7.08. The Labute approximate surface area is 166 Å². The molecule has 0 spiro atoms. The first kappa shape index (κ1) is 20.3. The highest BCUT2D eigenvalue weighted by atomic mass is 35.5. The number of halogens is 4. The largest absolute Gasteiger partial charge is 0.417 e. The zero-order valence-corrected chi connectivity index (χ0v) is 15.9. The molecule has 0 saturated carbocycles. The average molecular weight is 431 g/mol. The summed E-state index contributed by atoms with van der Waals surface area (Å²) < 4.78 is 38.7. The van der Waals surface area contributed by atoms with Crippen molar-refractivity contribution in [2.75, 3.05) is 11.9 Å². The van der Waals surface area contributed by atoms with Gasteiger partial charge < -0.3 is 10.4 Å². The van der Waals surface area contributed by atoms with Gasteiger partial charge in [-0.1, -0.05) is 11.6 Å². The second kappa shape index (κ2) is 7.53. The van der Waals surface area contributed by atoms with Crippen LogP contribution in [-0.4, -0.2) is 26.4 Å². The monoisotopic (exact) mass is 430 g/mol. The van der Waals surface area contributed by atoms with Gasteiger partial charge in [-0.05, 0) is 41.4 Å². The summed E-state index contributed by atoms with van der Waals surface area (Å²) in [6.45, 7) is 1.67. The SMILES string of the molecule is CC(O)(CNc1cnn(-c2ccc(C(F)(F)F)cn2)c(=O)c1Cl)c1ccsc1. The number of nitrogens with zero attached hydrogens (tertiary/aromatic N) is 3. The molecule has 2 N–H and O–H groups in total. The number of aromatic nitrogens is 3. The Morgan fingerprint density at radius 3 is 2.57 bits per heavy atom. The third-order valence-electron chi connectivity index (χ3n) is 3.98. The Balaban J connectivity index is 1.82. The number of hydrogen-bond donors (Lipinski definition) is 2. The summed E-state index contributed by atoms with van der Waals surface area (Å²) in [6.07, 6.45) is -2.68. The molecule has 28 heavy (non-hydrogen) atoms.